The second kappa shape index (κ2) is 5.41. The number of anilines is 1. The van der Waals surface area contributed by atoms with Crippen LogP contribution in [0.15, 0.2) is 42.5 Å². The molecule has 21 heavy (non-hydrogen) atoms. The summed E-state index contributed by atoms with van der Waals surface area (Å²) in [6.45, 7) is 3.34. The van der Waals surface area contributed by atoms with Crippen LogP contribution in [-0.4, -0.2) is 11.1 Å². The van der Waals surface area contributed by atoms with Crippen molar-refractivity contribution in [2.75, 3.05) is 4.90 Å². The molecule has 1 N–H and O–H groups in total. The van der Waals surface area contributed by atoms with Crippen LogP contribution in [-0.2, 0) is 17.9 Å². The van der Waals surface area contributed by atoms with Crippen LogP contribution >= 0.6 is 11.6 Å². The molecular formula is C17H16ClNO2. The van der Waals surface area contributed by atoms with Crippen LogP contribution in [0.1, 0.15) is 29.5 Å². The van der Waals surface area contributed by atoms with Crippen LogP contribution in [0, 0.1) is 0 Å². The highest BCUT2D eigenvalue weighted by Gasteiger charge is 2.21. The van der Waals surface area contributed by atoms with Gasteiger partial charge in [0.05, 0.1) is 16.6 Å². The fraction of sp³-hybridized carbons (Fsp3) is 0.235. The molecule has 0 amide bonds. The zero-order valence-electron chi connectivity index (χ0n) is 11.7. The van der Waals surface area contributed by atoms with E-state index in [1.165, 1.54) is 11.1 Å². The highest BCUT2D eigenvalue weighted by atomic mass is 35.5. The Morgan fingerprint density at radius 3 is 2.33 bits per heavy atom. The van der Waals surface area contributed by atoms with E-state index < -0.39 is 11.9 Å². The van der Waals surface area contributed by atoms with Crippen molar-refractivity contribution in [3.8, 4) is 0 Å². The fourth-order valence-electron chi connectivity index (χ4n) is 2.70. The van der Waals surface area contributed by atoms with Gasteiger partial charge in [-0.1, -0.05) is 41.9 Å². The first-order valence-corrected chi connectivity index (χ1v) is 7.28. The molecule has 3 nitrogen and oxygen atoms in total. The smallest absolute Gasteiger partial charge is 0.310 e. The van der Waals surface area contributed by atoms with E-state index in [1.54, 1.807) is 13.0 Å². The molecule has 0 saturated carbocycles. The molecule has 1 atom stereocenters. The van der Waals surface area contributed by atoms with Gasteiger partial charge in [0, 0.05) is 13.1 Å². The lowest BCUT2D eigenvalue weighted by Gasteiger charge is -2.20. The van der Waals surface area contributed by atoms with Crippen LogP contribution in [0.2, 0.25) is 5.02 Å². The minimum Gasteiger partial charge on any atom is -0.481 e. The molecule has 2 aromatic carbocycles. The van der Waals surface area contributed by atoms with E-state index in [2.05, 4.69) is 17.0 Å². The van der Waals surface area contributed by atoms with Crippen molar-refractivity contribution in [1.29, 1.82) is 0 Å². The van der Waals surface area contributed by atoms with E-state index in [9.17, 15) is 4.79 Å². The average Bonchev–Trinajstić information content (AvgIpc) is 2.89. The summed E-state index contributed by atoms with van der Waals surface area (Å²) in [6, 6.07) is 13.9. The lowest BCUT2D eigenvalue weighted by molar-refractivity contribution is -0.138. The lowest BCUT2D eigenvalue weighted by Crippen LogP contribution is -2.15. The van der Waals surface area contributed by atoms with Gasteiger partial charge in [0.1, 0.15) is 0 Å². The maximum absolute atomic E-state index is 11.0. The number of benzene rings is 2. The quantitative estimate of drug-likeness (QED) is 0.930. The van der Waals surface area contributed by atoms with E-state index in [-0.39, 0.29) is 0 Å². The van der Waals surface area contributed by atoms with Crippen LogP contribution in [0.4, 0.5) is 5.69 Å². The van der Waals surface area contributed by atoms with Crippen LogP contribution in [0.5, 0.6) is 0 Å². The van der Waals surface area contributed by atoms with E-state index >= 15 is 0 Å². The van der Waals surface area contributed by atoms with Crippen molar-refractivity contribution in [3.63, 3.8) is 0 Å². The third kappa shape index (κ3) is 2.61. The Bertz CT molecular complexity index is 674. The fourth-order valence-corrected chi connectivity index (χ4v) is 3.00. The summed E-state index contributed by atoms with van der Waals surface area (Å²) in [5.74, 6) is -1.39. The summed E-state index contributed by atoms with van der Waals surface area (Å²) in [5.41, 5.74) is 4.32. The van der Waals surface area contributed by atoms with Gasteiger partial charge in [-0.3, -0.25) is 4.79 Å². The third-order valence-electron chi connectivity index (χ3n) is 4.02. The Balaban J connectivity index is 1.87. The normalized spacial score (nSPS) is 14.9. The summed E-state index contributed by atoms with van der Waals surface area (Å²) in [7, 11) is 0. The van der Waals surface area contributed by atoms with Gasteiger partial charge >= 0.3 is 5.97 Å². The number of hydrogen-bond donors (Lipinski definition) is 1. The Labute approximate surface area is 128 Å². The van der Waals surface area contributed by atoms with Crippen LogP contribution in [0.3, 0.4) is 0 Å². The van der Waals surface area contributed by atoms with Crippen molar-refractivity contribution in [2.45, 2.75) is 25.9 Å². The summed E-state index contributed by atoms with van der Waals surface area (Å²) < 4.78 is 0. The van der Waals surface area contributed by atoms with Gasteiger partial charge in [-0.2, -0.15) is 0 Å². The molecule has 1 heterocycles. The average molecular weight is 302 g/mol. The monoisotopic (exact) mass is 301 g/mol. The second-order valence-electron chi connectivity index (χ2n) is 5.40. The molecule has 0 radical (unpaired) electrons. The molecule has 0 fully saturated rings. The highest BCUT2D eigenvalue weighted by molar-refractivity contribution is 6.33. The number of hydrogen-bond acceptors (Lipinski definition) is 2. The van der Waals surface area contributed by atoms with Gasteiger partial charge in [0.15, 0.2) is 0 Å². The number of halogens is 1. The number of carbonyl (C=O) groups is 1. The first kappa shape index (κ1) is 14.0. The zero-order valence-corrected chi connectivity index (χ0v) is 12.5. The summed E-state index contributed by atoms with van der Waals surface area (Å²) in [6.07, 6.45) is 0. The van der Waals surface area contributed by atoms with Crippen molar-refractivity contribution >= 4 is 23.3 Å². The number of carboxylic acid groups (broad SMARTS) is 1. The molecule has 2 aromatic rings. The van der Waals surface area contributed by atoms with Crippen molar-refractivity contribution in [2.24, 2.45) is 0 Å². The lowest BCUT2D eigenvalue weighted by atomic mass is 10.0. The standard InChI is InChI=1S/C17H16ClNO2/c1-11(17(20)21)12-6-7-16(15(18)8-12)19-9-13-4-2-3-5-14(13)10-19/h2-8,11H,9-10H2,1H3,(H,20,21). The zero-order chi connectivity index (χ0) is 15.0. The highest BCUT2D eigenvalue weighted by Crippen LogP contribution is 2.34. The maximum Gasteiger partial charge on any atom is 0.310 e. The van der Waals surface area contributed by atoms with Gasteiger partial charge in [0.25, 0.3) is 0 Å². The Morgan fingerprint density at radius 2 is 1.81 bits per heavy atom. The van der Waals surface area contributed by atoms with E-state index in [4.69, 9.17) is 16.7 Å². The predicted molar refractivity (Wildman–Crippen MR) is 83.8 cm³/mol. The van der Waals surface area contributed by atoms with Crippen molar-refractivity contribution < 1.29 is 9.90 Å². The van der Waals surface area contributed by atoms with Crippen molar-refractivity contribution in [3.05, 3.63) is 64.2 Å². The molecule has 0 bridgehead atoms. The topological polar surface area (TPSA) is 40.5 Å². The molecular weight excluding hydrogens is 286 g/mol. The second-order valence-corrected chi connectivity index (χ2v) is 5.80. The SMILES string of the molecule is CC(C(=O)O)c1ccc(N2Cc3ccccc3C2)c(Cl)c1. The molecule has 1 unspecified atom stereocenters. The van der Waals surface area contributed by atoms with E-state index in [0.717, 1.165) is 24.3 Å². The summed E-state index contributed by atoms with van der Waals surface area (Å²) in [5, 5.41) is 9.68. The molecule has 3 rings (SSSR count). The minimum atomic E-state index is -0.840. The molecule has 1 aliphatic rings. The van der Waals surface area contributed by atoms with E-state index in [1.807, 2.05) is 24.3 Å². The number of aliphatic carboxylic acids is 1. The van der Waals surface area contributed by atoms with Gasteiger partial charge in [0.2, 0.25) is 0 Å². The van der Waals surface area contributed by atoms with Gasteiger partial charge in [-0.15, -0.1) is 0 Å². The molecule has 108 valence electrons. The Kier molecular flexibility index (Phi) is 3.60. The van der Waals surface area contributed by atoms with Gasteiger partial charge < -0.3 is 10.0 Å². The predicted octanol–water partition coefficient (Wildman–Crippen LogP) is 4.05. The number of fused-ring (bicyclic) bond motifs is 1. The maximum atomic E-state index is 11.0. The summed E-state index contributed by atoms with van der Waals surface area (Å²) >= 11 is 6.37. The van der Waals surface area contributed by atoms with Gasteiger partial charge in [-0.05, 0) is 35.7 Å². The molecule has 0 saturated heterocycles. The summed E-state index contributed by atoms with van der Waals surface area (Å²) in [4.78, 5) is 13.3. The molecule has 1 aliphatic heterocycles. The first-order chi connectivity index (χ1) is 10.1. The Morgan fingerprint density at radius 1 is 1.19 bits per heavy atom. The van der Waals surface area contributed by atoms with Crippen molar-refractivity contribution in [1.82, 2.24) is 0 Å². The molecule has 4 heteroatoms. The first-order valence-electron chi connectivity index (χ1n) is 6.90. The number of carboxylic acids is 1. The molecule has 0 spiro atoms. The van der Waals surface area contributed by atoms with Gasteiger partial charge in [-0.25, -0.2) is 0 Å². The third-order valence-corrected chi connectivity index (χ3v) is 4.33. The van der Waals surface area contributed by atoms with Crippen LogP contribution < -0.4 is 4.90 Å². The Hall–Kier alpha value is -2.00. The van der Waals surface area contributed by atoms with Crippen LogP contribution in [0.25, 0.3) is 0 Å². The number of rotatable bonds is 3. The largest absolute Gasteiger partial charge is 0.481 e. The molecule has 0 aromatic heterocycles. The molecule has 0 aliphatic carbocycles. The van der Waals surface area contributed by atoms with E-state index in [0.29, 0.717) is 5.02 Å². The minimum absolute atomic E-state index is 0.549. The number of nitrogens with zero attached hydrogens (tertiary/aromatic N) is 1.